The highest BCUT2D eigenvalue weighted by atomic mass is 32.1. The molecule has 0 fully saturated rings. The van der Waals surface area contributed by atoms with Gasteiger partial charge in [0.25, 0.3) is 5.91 Å². The maximum Gasteiger partial charge on any atom is 0.271 e. The van der Waals surface area contributed by atoms with Crippen LogP contribution in [0.25, 0.3) is 10.8 Å². The predicted molar refractivity (Wildman–Crippen MR) is 75.4 cm³/mol. The van der Waals surface area contributed by atoms with Crippen molar-refractivity contribution in [3.8, 4) is 10.8 Å². The number of carbonyl (C=O) groups is 1. The van der Waals surface area contributed by atoms with Crippen molar-refractivity contribution in [3.05, 3.63) is 29.0 Å². The van der Waals surface area contributed by atoms with Crippen molar-refractivity contribution in [3.63, 3.8) is 0 Å². The lowest BCUT2D eigenvalue weighted by atomic mass is 10.3. The van der Waals surface area contributed by atoms with E-state index in [4.69, 9.17) is 4.42 Å². The molecule has 1 amide bonds. The zero-order chi connectivity index (χ0) is 13.7. The van der Waals surface area contributed by atoms with Gasteiger partial charge in [-0.1, -0.05) is 0 Å². The number of aryl methyl sites for hydroxylation is 1. The lowest BCUT2D eigenvalue weighted by Crippen LogP contribution is -2.27. The number of hydrogen-bond acceptors (Lipinski definition) is 5. The molecule has 0 atom stereocenters. The van der Waals surface area contributed by atoms with Gasteiger partial charge < -0.3 is 15.1 Å². The zero-order valence-electron chi connectivity index (χ0n) is 11.0. The molecule has 2 rings (SSSR count). The van der Waals surface area contributed by atoms with Crippen LogP contribution in [-0.2, 0) is 0 Å². The second kappa shape index (κ2) is 6.49. The van der Waals surface area contributed by atoms with Crippen LogP contribution in [0.3, 0.4) is 0 Å². The summed E-state index contributed by atoms with van der Waals surface area (Å²) in [6.45, 7) is 3.42. The van der Waals surface area contributed by atoms with Gasteiger partial charge in [0.15, 0.2) is 10.8 Å². The van der Waals surface area contributed by atoms with Gasteiger partial charge in [0, 0.05) is 11.4 Å². The van der Waals surface area contributed by atoms with E-state index in [9.17, 15) is 4.79 Å². The molecule has 0 aromatic carbocycles. The number of furan rings is 1. The van der Waals surface area contributed by atoms with E-state index in [0.29, 0.717) is 18.0 Å². The summed E-state index contributed by atoms with van der Waals surface area (Å²) in [6, 6.07) is 3.65. The SMILES string of the molecule is CNCCCNC(=O)c1nc(-c2ccco2)sc1C. The average Bonchev–Trinajstić information content (AvgIpc) is 3.03. The highest BCUT2D eigenvalue weighted by molar-refractivity contribution is 7.15. The summed E-state index contributed by atoms with van der Waals surface area (Å²) in [6.07, 6.45) is 2.50. The van der Waals surface area contributed by atoms with Crippen molar-refractivity contribution in [2.24, 2.45) is 0 Å². The van der Waals surface area contributed by atoms with Crippen LogP contribution in [0.1, 0.15) is 21.8 Å². The summed E-state index contributed by atoms with van der Waals surface area (Å²) in [4.78, 5) is 17.2. The molecule has 0 radical (unpaired) electrons. The lowest BCUT2D eigenvalue weighted by Gasteiger charge is -2.03. The van der Waals surface area contributed by atoms with Crippen LogP contribution in [0.5, 0.6) is 0 Å². The van der Waals surface area contributed by atoms with Crippen molar-refractivity contribution in [2.75, 3.05) is 20.1 Å². The number of amides is 1. The Bertz CT molecular complexity index is 534. The Hall–Kier alpha value is -1.66. The Kier molecular flexibility index (Phi) is 4.70. The van der Waals surface area contributed by atoms with Crippen LogP contribution >= 0.6 is 11.3 Å². The summed E-state index contributed by atoms with van der Waals surface area (Å²) in [5.74, 6) is 0.574. The maximum atomic E-state index is 12.0. The number of nitrogens with one attached hydrogen (secondary N) is 2. The van der Waals surface area contributed by atoms with Crippen LogP contribution < -0.4 is 10.6 Å². The summed E-state index contributed by atoms with van der Waals surface area (Å²) < 4.78 is 5.29. The fraction of sp³-hybridized carbons (Fsp3) is 0.385. The predicted octanol–water partition coefficient (Wildman–Crippen LogP) is 2.05. The van der Waals surface area contributed by atoms with E-state index >= 15 is 0 Å². The standard InChI is InChI=1S/C13H17N3O2S/c1-9-11(12(17)15-7-4-6-14-2)16-13(19-9)10-5-3-8-18-10/h3,5,8,14H,4,6-7H2,1-2H3,(H,15,17). The van der Waals surface area contributed by atoms with Crippen LogP contribution in [0.15, 0.2) is 22.8 Å². The Morgan fingerprint density at radius 1 is 1.47 bits per heavy atom. The highest BCUT2D eigenvalue weighted by Gasteiger charge is 2.16. The molecular formula is C13H17N3O2S. The third-order valence-corrected chi connectivity index (χ3v) is 3.62. The second-order valence-corrected chi connectivity index (χ2v) is 5.32. The topological polar surface area (TPSA) is 67.2 Å². The smallest absolute Gasteiger partial charge is 0.271 e. The van der Waals surface area contributed by atoms with Gasteiger partial charge in [0.2, 0.25) is 0 Å². The van der Waals surface area contributed by atoms with Crippen molar-refractivity contribution in [2.45, 2.75) is 13.3 Å². The summed E-state index contributed by atoms with van der Waals surface area (Å²) in [5, 5.41) is 6.64. The molecule has 0 saturated carbocycles. The number of nitrogens with zero attached hydrogens (tertiary/aromatic N) is 1. The molecule has 2 aromatic heterocycles. The van der Waals surface area contributed by atoms with E-state index in [1.807, 2.05) is 26.1 Å². The van der Waals surface area contributed by atoms with Gasteiger partial charge in [-0.3, -0.25) is 4.79 Å². The van der Waals surface area contributed by atoms with Crippen molar-refractivity contribution >= 4 is 17.2 Å². The number of rotatable bonds is 6. The molecule has 0 spiro atoms. The average molecular weight is 279 g/mol. The highest BCUT2D eigenvalue weighted by Crippen LogP contribution is 2.27. The first-order valence-electron chi connectivity index (χ1n) is 6.16. The number of hydrogen-bond donors (Lipinski definition) is 2. The normalized spacial score (nSPS) is 10.6. The Morgan fingerprint density at radius 3 is 3.00 bits per heavy atom. The van der Waals surface area contributed by atoms with Crippen LogP contribution in [0.2, 0.25) is 0 Å². The van der Waals surface area contributed by atoms with Gasteiger partial charge >= 0.3 is 0 Å². The Balaban J connectivity index is 2.02. The van der Waals surface area contributed by atoms with Gasteiger partial charge in [-0.05, 0) is 39.1 Å². The molecule has 2 N–H and O–H groups in total. The molecule has 0 saturated heterocycles. The van der Waals surface area contributed by atoms with Crippen molar-refractivity contribution in [1.82, 2.24) is 15.6 Å². The van der Waals surface area contributed by atoms with E-state index in [2.05, 4.69) is 15.6 Å². The lowest BCUT2D eigenvalue weighted by molar-refractivity contribution is 0.0948. The Labute approximate surface area is 116 Å². The minimum absolute atomic E-state index is 0.123. The molecule has 5 nitrogen and oxygen atoms in total. The monoisotopic (exact) mass is 279 g/mol. The molecule has 2 aromatic rings. The quantitative estimate of drug-likeness (QED) is 0.794. The fourth-order valence-corrected chi connectivity index (χ4v) is 2.54. The van der Waals surface area contributed by atoms with E-state index in [1.54, 1.807) is 6.26 Å². The number of thiazole rings is 1. The fourth-order valence-electron chi connectivity index (χ4n) is 1.66. The minimum Gasteiger partial charge on any atom is -0.462 e. The maximum absolute atomic E-state index is 12.0. The van der Waals surface area contributed by atoms with Crippen LogP contribution in [0.4, 0.5) is 0 Å². The number of aromatic nitrogens is 1. The third-order valence-electron chi connectivity index (χ3n) is 2.63. The Morgan fingerprint density at radius 2 is 2.32 bits per heavy atom. The third kappa shape index (κ3) is 3.42. The summed E-state index contributed by atoms with van der Waals surface area (Å²) >= 11 is 1.47. The van der Waals surface area contributed by atoms with Crippen LogP contribution in [0, 0.1) is 6.92 Å². The first kappa shape index (κ1) is 13.8. The van der Waals surface area contributed by atoms with Gasteiger partial charge in [-0.2, -0.15) is 0 Å². The molecule has 6 heteroatoms. The zero-order valence-corrected chi connectivity index (χ0v) is 11.8. The van der Waals surface area contributed by atoms with Gasteiger partial charge in [0.1, 0.15) is 5.69 Å². The van der Waals surface area contributed by atoms with Gasteiger partial charge in [-0.25, -0.2) is 4.98 Å². The second-order valence-electron chi connectivity index (χ2n) is 4.11. The van der Waals surface area contributed by atoms with Gasteiger partial charge in [-0.15, -0.1) is 11.3 Å². The van der Waals surface area contributed by atoms with Crippen molar-refractivity contribution in [1.29, 1.82) is 0 Å². The largest absolute Gasteiger partial charge is 0.462 e. The molecular weight excluding hydrogens is 262 g/mol. The molecule has 102 valence electrons. The first-order valence-corrected chi connectivity index (χ1v) is 6.98. The van der Waals surface area contributed by atoms with Crippen molar-refractivity contribution < 1.29 is 9.21 Å². The molecule has 0 bridgehead atoms. The molecule has 0 aliphatic rings. The summed E-state index contributed by atoms with van der Waals surface area (Å²) in [7, 11) is 1.89. The molecule has 2 heterocycles. The molecule has 0 aliphatic heterocycles. The number of carbonyl (C=O) groups excluding carboxylic acids is 1. The van der Waals surface area contributed by atoms with Gasteiger partial charge in [0.05, 0.1) is 6.26 Å². The molecule has 0 unspecified atom stereocenters. The molecule has 0 aliphatic carbocycles. The summed E-state index contributed by atoms with van der Waals surface area (Å²) in [5.41, 5.74) is 0.487. The van der Waals surface area contributed by atoms with E-state index < -0.39 is 0 Å². The van der Waals surface area contributed by atoms with E-state index in [1.165, 1.54) is 11.3 Å². The first-order chi connectivity index (χ1) is 9.22. The van der Waals surface area contributed by atoms with Crippen LogP contribution in [-0.4, -0.2) is 31.0 Å². The van der Waals surface area contributed by atoms with E-state index in [-0.39, 0.29) is 5.91 Å². The minimum atomic E-state index is -0.123. The molecule has 19 heavy (non-hydrogen) atoms. The van der Waals surface area contributed by atoms with E-state index in [0.717, 1.165) is 22.9 Å².